The molecule has 2 saturated carbocycles. The van der Waals surface area contributed by atoms with Crippen LogP contribution in [0.5, 0.6) is 0 Å². The third-order valence-corrected chi connectivity index (χ3v) is 26.9. The number of amidine groups is 9. The van der Waals surface area contributed by atoms with Gasteiger partial charge in [-0.25, -0.2) is 0 Å². The van der Waals surface area contributed by atoms with Gasteiger partial charge in [0.15, 0.2) is 0 Å². The SMILES string of the molecule is CC(C)(C)C1C=CNC(C2CC2)=N1.CC(C)(C)C1C=CNC=N1.CC(C)(C)C1N=CNC=C1C1CC1.CC(C)C1=NC(C(C)(C)C)C=CN1.CC1=CNC(C)=NC1C(C)(C)C.CC1=CNC=NC1C(C)(C)C.CC1=NC(C(C)(C)C)C(C(C)C)=CN1.CC1=NC(C(C)(C)C)C=CN1.CCC1=CNC(C)=NC1C(C)(C)C.CCC1=CNC(CC)=NC1C(C)(C)C.CCC1=NC(C(C)(C)C)C(C)=CN1.CCC1=NC(C(C)(C)C)C=CN1. The van der Waals surface area contributed by atoms with E-state index in [1.165, 1.54) is 70.5 Å². The molecule has 0 aromatic carbocycles. The van der Waals surface area contributed by atoms with Gasteiger partial charge in [0.05, 0.1) is 115 Å². The molecule has 12 heterocycles. The average Bonchev–Trinajstić information content (AvgIpc) is 1.78. The van der Waals surface area contributed by atoms with Crippen LogP contribution in [0.4, 0.5) is 0 Å². The summed E-state index contributed by atoms with van der Waals surface area (Å²) in [6.07, 6.45) is 51.0. The molecule has 0 spiro atoms. The summed E-state index contributed by atoms with van der Waals surface area (Å²) in [5, 5.41) is 37.6. The van der Waals surface area contributed by atoms with Crippen molar-refractivity contribution in [2.75, 3.05) is 0 Å². The van der Waals surface area contributed by atoms with Crippen molar-refractivity contribution in [2.45, 2.75) is 490 Å². The molecule has 0 radical (unpaired) electrons. The Kier molecular flexibility index (Phi) is 52.5. The Morgan fingerprint density at radius 2 is 0.577 bits per heavy atom. The van der Waals surface area contributed by atoms with Gasteiger partial charge >= 0.3 is 0 Å². The van der Waals surface area contributed by atoms with E-state index in [-0.39, 0.29) is 65.0 Å². The largest absolute Gasteiger partial charge is 0.353 e. The van der Waals surface area contributed by atoms with E-state index >= 15 is 0 Å². The van der Waals surface area contributed by atoms with Gasteiger partial charge in [0.1, 0.15) is 29.2 Å². The van der Waals surface area contributed by atoms with Gasteiger partial charge in [0.25, 0.3) is 0 Å². The summed E-state index contributed by atoms with van der Waals surface area (Å²) in [4.78, 5) is 55.0. The molecular formula is C125H222N24. The molecule has 0 aromatic heterocycles. The van der Waals surface area contributed by atoms with E-state index in [0.29, 0.717) is 84.3 Å². The Morgan fingerprint density at radius 3 is 0.960 bits per heavy atom. The van der Waals surface area contributed by atoms with Crippen molar-refractivity contribution in [3.63, 3.8) is 0 Å². The van der Waals surface area contributed by atoms with Crippen molar-refractivity contribution < 1.29 is 0 Å². The van der Waals surface area contributed by atoms with Crippen LogP contribution in [-0.4, -0.2) is 144 Å². The van der Waals surface area contributed by atoms with Crippen molar-refractivity contribution in [3.8, 4) is 0 Å². The molecule has 0 bridgehead atoms. The van der Waals surface area contributed by atoms with Gasteiger partial charge in [-0.1, -0.05) is 312 Å². The second kappa shape index (κ2) is 58.6. The summed E-state index contributed by atoms with van der Waals surface area (Å²) in [5.41, 5.74) is 12.5. The Bertz CT molecular complexity index is 4890. The molecule has 149 heavy (non-hydrogen) atoms. The lowest BCUT2D eigenvalue weighted by Gasteiger charge is -2.34. The normalized spacial score (nSPS) is 24.3. The third-order valence-electron chi connectivity index (χ3n) is 26.9. The summed E-state index contributed by atoms with van der Waals surface area (Å²) in [7, 11) is 0. The second-order valence-electron chi connectivity index (χ2n) is 55.5. The monoisotopic (exact) mass is 2060 g/mol. The summed E-state index contributed by atoms with van der Waals surface area (Å²) in [6, 6.07) is 4.06. The summed E-state index contributed by atoms with van der Waals surface area (Å²) in [5.74, 6) is 12.3. The predicted molar refractivity (Wildman–Crippen MR) is 658 cm³/mol. The van der Waals surface area contributed by atoms with Gasteiger partial charge in [0.2, 0.25) is 0 Å². The molecule has 12 aliphatic heterocycles. The third kappa shape index (κ3) is 49.0. The van der Waals surface area contributed by atoms with Crippen LogP contribution in [0, 0.1) is 88.7 Å². The van der Waals surface area contributed by atoms with Crippen molar-refractivity contribution in [2.24, 2.45) is 149 Å². The number of nitrogens with one attached hydrogen (secondary N) is 12. The van der Waals surface area contributed by atoms with Crippen LogP contribution in [0.3, 0.4) is 0 Å². The molecule has 2 fully saturated rings. The van der Waals surface area contributed by atoms with Crippen LogP contribution in [0.25, 0.3) is 0 Å². The molecule has 14 aliphatic rings. The van der Waals surface area contributed by atoms with Crippen LogP contribution in [0.2, 0.25) is 0 Å². The molecule has 14 rings (SSSR count). The molecule has 2 aliphatic carbocycles. The fraction of sp³-hybridized carbons (Fsp3) is 0.712. The zero-order valence-electron chi connectivity index (χ0n) is 105. The highest BCUT2D eigenvalue weighted by Gasteiger charge is 2.40. The number of hydrogen-bond acceptors (Lipinski definition) is 24. The summed E-state index contributed by atoms with van der Waals surface area (Å²) in [6.45, 7) is 114. The van der Waals surface area contributed by atoms with E-state index in [9.17, 15) is 0 Å². The topological polar surface area (TPSA) is 293 Å². The van der Waals surface area contributed by atoms with Crippen molar-refractivity contribution in [3.05, 3.63) is 144 Å². The van der Waals surface area contributed by atoms with Gasteiger partial charge in [0, 0.05) is 99.3 Å². The summed E-state index contributed by atoms with van der Waals surface area (Å²) >= 11 is 0. The molecule has 12 N–H and O–H groups in total. The molecule has 0 amide bonds. The molecule has 0 aromatic rings. The van der Waals surface area contributed by atoms with E-state index in [1.54, 1.807) is 12.7 Å². The van der Waals surface area contributed by atoms with E-state index in [2.05, 4.69) is 515 Å². The Morgan fingerprint density at radius 1 is 0.248 bits per heavy atom. The maximum Gasteiger partial charge on any atom is 0.104 e. The maximum absolute atomic E-state index is 4.76. The highest BCUT2D eigenvalue weighted by atomic mass is 15.1. The molecule has 12 atom stereocenters. The van der Waals surface area contributed by atoms with Gasteiger partial charge in [-0.2, -0.15) is 0 Å². The fourth-order valence-corrected chi connectivity index (χ4v) is 17.4. The van der Waals surface area contributed by atoms with Crippen LogP contribution >= 0.6 is 0 Å². The lowest BCUT2D eigenvalue weighted by molar-refractivity contribution is 0.336. The zero-order chi connectivity index (χ0) is 114. The Hall–Kier alpha value is -9.48. The number of rotatable bonds is 9. The van der Waals surface area contributed by atoms with Crippen molar-refractivity contribution in [1.29, 1.82) is 0 Å². The van der Waals surface area contributed by atoms with E-state index in [4.69, 9.17) is 15.0 Å². The quantitative estimate of drug-likeness (QED) is 0.103. The smallest absolute Gasteiger partial charge is 0.104 e. The van der Waals surface area contributed by atoms with Crippen LogP contribution < -0.4 is 63.8 Å². The molecule has 24 nitrogen and oxygen atoms in total. The van der Waals surface area contributed by atoms with Gasteiger partial charge in [-0.05, 0) is 239 Å². The number of aliphatic imine (C=N–C) groups is 12. The van der Waals surface area contributed by atoms with Crippen molar-refractivity contribution in [1.82, 2.24) is 63.8 Å². The second-order valence-corrected chi connectivity index (χ2v) is 55.5. The van der Waals surface area contributed by atoms with E-state index < -0.39 is 0 Å². The number of nitrogens with zero attached hydrogens (tertiary/aromatic N) is 12. The highest BCUT2D eigenvalue weighted by molar-refractivity contribution is 5.89. The van der Waals surface area contributed by atoms with Crippen LogP contribution in [-0.2, 0) is 0 Å². The Labute approximate surface area is 912 Å². The van der Waals surface area contributed by atoms with Crippen molar-refractivity contribution >= 4 is 71.5 Å². The molecule has 12 unspecified atom stereocenters. The van der Waals surface area contributed by atoms with Gasteiger partial charge < -0.3 is 63.8 Å². The van der Waals surface area contributed by atoms with E-state index in [0.717, 1.165) is 90.6 Å². The summed E-state index contributed by atoms with van der Waals surface area (Å²) < 4.78 is 0. The first-order valence-corrected chi connectivity index (χ1v) is 56.2. The molecular weight excluding hydrogens is 1840 g/mol. The number of hydrogen-bond donors (Lipinski definition) is 12. The van der Waals surface area contributed by atoms with Crippen LogP contribution in [0.15, 0.2) is 204 Å². The average molecular weight is 2060 g/mol. The fourth-order valence-electron chi connectivity index (χ4n) is 17.4. The highest BCUT2D eigenvalue weighted by Crippen LogP contribution is 2.45. The van der Waals surface area contributed by atoms with Crippen LogP contribution in [0.1, 0.15) is 418 Å². The zero-order valence-corrected chi connectivity index (χ0v) is 105. The van der Waals surface area contributed by atoms with Gasteiger partial charge in [-0.15, -0.1) is 0 Å². The molecule has 842 valence electrons. The first-order chi connectivity index (χ1) is 68.3. The first-order valence-electron chi connectivity index (χ1n) is 56.2. The van der Waals surface area contributed by atoms with E-state index in [1.807, 2.05) is 65.0 Å². The first kappa shape index (κ1) is 134. The minimum absolute atomic E-state index is 0.208. The molecule has 0 saturated heterocycles. The molecule has 24 heteroatoms. The predicted octanol–water partition coefficient (Wildman–Crippen LogP) is 28.8. The minimum Gasteiger partial charge on any atom is -0.353 e. The lowest BCUT2D eigenvalue weighted by atomic mass is 9.78. The van der Waals surface area contributed by atoms with Gasteiger partial charge in [-0.3, -0.25) is 59.9 Å². The standard InChI is InChI=1S/2C12H22N2.2C11H18N2.3C11H20N2.2C10H18N2.2C9H16N2.C8H14N2/c1-8(2)10-7-13-9(3)14-11(10)12(4,5)6;1-6-9-8-13-10(7-2)14-11(9)12(3,4)5;1-11(2,3)10-9(8-4-5-8)6-12-7-13-10;1-11(2,3)9-6-7-12-10(13-9)8-4-5-8;1-8(2)10-12-7-6-9(13-10)11(3,4)5;1-6-9-7-12-8(2)13-10(9)11(3,4)5;1-6-9-12-7-8(2)10(13-9)11(3,4)5;1-7-6-11-8(2)12-9(7)10(3,4)5;1-5-9-11-7-6-8(12-9)10(2,3)4;1-7-5-10-6-11-8(7)9(2,3)4;1-7-10-6-5-8(11-7)9(2,3)4;1-8(2,3)7-4-5-9-6-10-7/h7-8,11H,1-6H3,(H,13,14);8,11H,6-7H2,1-5H3,(H,13,14);6-8,10H,4-5H2,1-3H3,(H,12,13);6-9H,4-5H2,1-3H3,(H,12,13);6-9H,1-5H3,(H,12,13);2*7,10H,6H2,1-5H3,(H,12,13);6,9H,1-5H3,(H,11,12);6-8H,5H2,1-4H3,(H,11,12);2*5-6,8H,1-4H3,(H,10,11);4-7H,1-3H3,(H,9,10). The lowest BCUT2D eigenvalue weighted by Crippen LogP contribution is -2.35. The minimum atomic E-state index is 0.208. The Balaban J connectivity index is 0.000000418. The maximum atomic E-state index is 4.76.